The maximum atomic E-state index is 10.9. The van der Waals surface area contributed by atoms with Crippen molar-refractivity contribution in [3.63, 3.8) is 0 Å². The lowest BCUT2D eigenvalue weighted by atomic mass is 10.2. The van der Waals surface area contributed by atoms with Crippen molar-refractivity contribution in [3.05, 3.63) is 24.3 Å². The van der Waals surface area contributed by atoms with E-state index in [2.05, 4.69) is 10.2 Å². The van der Waals surface area contributed by atoms with Gasteiger partial charge in [-0.15, -0.1) is 0 Å². The molecule has 1 amide bonds. The molecule has 16 heavy (non-hydrogen) atoms. The molecule has 4 heteroatoms. The molecule has 0 saturated carbocycles. The Labute approximate surface area is 94.9 Å². The van der Waals surface area contributed by atoms with Gasteiger partial charge in [0.15, 0.2) is 0 Å². The standard InChI is InChI=1S/C12H16N2O2/c1-9(15)13-10-6-7-14(8-10)11-2-4-12(16)5-3-11/h2-5,10,16H,6-8H2,1H3,(H,13,15). The minimum Gasteiger partial charge on any atom is -0.508 e. The number of nitrogens with one attached hydrogen (secondary N) is 1. The van der Waals surface area contributed by atoms with Gasteiger partial charge in [0, 0.05) is 31.7 Å². The first-order chi connectivity index (χ1) is 7.65. The second-order valence-electron chi connectivity index (χ2n) is 4.15. The molecule has 0 aromatic heterocycles. The van der Waals surface area contributed by atoms with E-state index in [9.17, 15) is 9.90 Å². The summed E-state index contributed by atoms with van der Waals surface area (Å²) >= 11 is 0. The lowest BCUT2D eigenvalue weighted by molar-refractivity contribution is -0.119. The number of nitrogens with zero attached hydrogens (tertiary/aromatic N) is 1. The van der Waals surface area contributed by atoms with Gasteiger partial charge in [0.05, 0.1) is 0 Å². The van der Waals surface area contributed by atoms with Crippen molar-refractivity contribution in [2.24, 2.45) is 0 Å². The number of hydrogen-bond donors (Lipinski definition) is 2. The molecule has 0 spiro atoms. The number of carbonyl (C=O) groups is 1. The Morgan fingerprint density at radius 3 is 2.75 bits per heavy atom. The Hall–Kier alpha value is -1.71. The van der Waals surface area contributed by atoms with Gasteiger partial charge in [-0.25, -0.2) is 0 Å². The van der Waals surface area contributed by atoms with E-state index in [0.717, 1.165) is 25.2 Å². The maximum Gasteiger partial charge on any atom is 0.217 e. The van der Waals surface area contributed by atoms with Crippen molar-refractivity contribution in [2.45, 2.75) is 19.4 Å². The number of anilines is 1. The van der Waals surface area contributed by atoms with Gasteiger partial charge in [-0.05, 0) is 30.7 Å². The molecule has 0 radical (unpaired) electrons. The average Bonchev–Trinajstić information content (AvgIpc) is 2.66. The predicted molar refractivity (Wildman–Crippen MR) is 62.5 cm³/mol. The lowest BCUT2D eigenvalue weighted by Gasteiger charge is -2.18. The molecule has 1 aromatic rings. The normalized spacial score (nSPS) is 19.8. The van der Waals surface area contributed by atoms with Crippen LogP contribution < -0.4 is 10.2 Å². The molecule has 0 bridgehead atoms. The molecule has 86 valence electrons. The highest BCUT2D eigenvalue weighted by atomic mass is 16.3. The Kier molecular flexibility index (Phi) is 2.99. The van der Waals surface area contributed by atoms with Gasteiger partial charge in [0.25, 0.3) is 0 Å². The summed E-state index contributed by atoms with van der Waals surface area (Å²) in [5, 5.41) is 12.1. The van der Waals surface area contributed by atoms with E-state index >= 15 is 0 Å². The third kappa shape index (κ3) is 2.45. The van der Waals surface area contributed by atoms with Gasteiger partial charge >= 0.3 is 0 Å². The van der Waals surface area contributed by atoms with Crippen LogP contribution in [0.15, 0.2) is 24.3 Å². The van der Waals surface area contributed by atoms with Crippen molar-refractivity contribution in [2.75, 3.05) is 18.0 Å². The second kappa shape index (κ2) is 4.43. The first-order valence-corrected chi connectivity index (χ1v) is 5.46. The fourth-order valence-corrected chi connectivity index (χ4v) is 2.06. The number of aromatic hydroxyl groups is 1. The highest BCUT2D eigenvalue weighted by Crippen LogP contribution is 2.22. The molecule has 1 fully saturated rings. The molecule has 2 N–H and O–H groups in total. The zero-order valence-electron chi connectivity index (χ0n) is 9.31. The van der Waals surface area contributed by atoms with Crippen molar-refractivity contribution < 1.29 is 9.90 Å². The maximum absolute atomic E-state index is 10.9. The molecular weight excluding hydrogens is 204 g/mol. The number of benzene rings is 1. The summed E-state index contributed by atoms with van der Waals surface area (Å²) < 4.78 is 0. The highest BCUT2D eigenvalue weighted by Gasteiger charge is 2.22. The number of hydrogen-bond acceptors (Lipinski definition) is 3. The van der Waals surface area contributed by atoms with E-state index in [0.29, 0.717) is 0 Å². The SMILES string of the molecule is CC(=O)NC1CCN(c2ccc(O)cc2)C1. The number of rotatable bonds is 2. The summed E-state index contributed by atoms with van der Waals surface area (Å²) in [5.74, 6) is 0.305. The summed E-state index contributed by atoms with van der Waals surface area (Å²) in [4.78, 5) is 13.1. The minimum absolute atomic E-state index is 0.0255. The Morgan fingerprint density at radius 1 is 1.44 bits per heavy atom. The fraction of sp³-hybridized carbons (Fsp3) is 0.417. The summed E-state index contributed by atoms with van der Waals surface area (Å²) in [6.45, 7) is 3.32. The smallest absolute Gasteiger partial charge is 0.217 e. The highest BCUT2D eigenvalue weighted by molar-refractivity contribution is 5.73. The van der Waals surface area contributed by atoms with Crippen LogP contribution in [0.4, 0.5) is 5.69 Å². The van der Waals surface area contributed by atoms with Crippen LogP contribution in [0.25, 0.3) is 0 Å². The van der Waals surface area contributed by atoms with Crippen molar-refractivity contribution in [1.29, 1.82) is 0 Å². The molecule has 1 aliphatic heterocycles. The summed E-state index contributed by atoms with van der Waals surface area (Å²) in [7, 11) is 0. The Balaban J connectivity index is 1.98. The molecular formula is C12H16N2O2. The van der Waals surface area contributed by atoms with Crippen LogP contribution in [0, 0.1) is 0 Å². The van der Waals surface area contributed by atoms with E-state index in [1.54, 1.807) is 19.1 Å². The van der Waals surface area contributed by atoms with Crippen molar-refractivity contribution >= 4 is 11.6 Å². The average molecular weight is 220 g/mol. The third-order valence-corrected chi connectivity index (χ3v) is 2.81. The van der Waals surface area contributed by atoms with Crippen LogP contribution in [0.2, 0.25) is 0 Å². The summed E-state index contributed by atoms with van der Waals surface area (Å²) in [6, 6.07) is 7.39. The van der Waals surface area contributed by atoms with Crippen molar-refractivity contribution in [3.8, 4) is 5.75 Å². The van der Waals surface area contributed by atoms with Gasteiger partial charge in [-0.2, -0.15) is 0 Å². The van der Waals surface area contributed by atoms with E-state index in [-0.39, 0.29) is 17.7 Å². The topological polar surface area (TPSA) is 52.6 Å². The second-order valence-corrected chi connectivity index (χ2v) is 4.15. The summed E-state index contributed by atoms with van der Waals surface area (Å²) in [6.07, 6.45) is 0.973. The fourth-order valence-electron chi connectivity index (χ4n) is 2.06. The van der Waals surface area contributed by atoms with Gasteiger partial charge in [0.1, 0.15) is 5.75 Å². The predicted octanol–water partition coefficient (Wildman–Crippen LogP) is 1.11. The van der Waals surface area contributed by atoms with Gasteiger partial charge in [0.2, 0.25) is 5.91 Å². The molecule has 1 saturated heterocycles. The minimum atomic E-state index is 0.0255. The zero-order chi connectivity index (χ0) is 11.5. The van der Waals surface area contributed by atoms with Crippen LogP contribution in [0.1, 0.15) is 13.3 Å². The Bertz CT molecular complexity index is 375. The molecule has 1 aliphatic rings. The Morgan fingerprint density at radius 2 is 2.12 bits per heavy atom. The van der Waals surface area contributed by atoms with E-state index < -0.39 is 0 Å². The number of phenolic OH excluding ortho intramolecular Hbond substituents is 1. The molecule has 1 unspecified atom stereocenters. The quantitative estimate of drug-likeness (QED) is 0.785. The first kappa shape index (κ1) is 10.8. The molecule has 1 heterocycles. The largest absolute Gasteiger partial charge is 0.508 e. The van der Waals surface area contributed by atoms with Crippen molar-refractivity contribution in [1.82, 2.24) is 5.32 Å². The summed E-state index contributed by atoms with van der Waals surface area (Å²) in [5.41, 5.74) is 1.09. The first-order valence-electron chi connectivity index (χ1n) is 5.46. The van der Waals surface area contributed by atoms with Gasteiger partial charge in [-0.3, -0.25) is 4.79 Å². The van der Waals surface area contributed by atoms with E-state index in [1.165, 1.54) is 0 Å². The monoisotopic (exact) mass is 220 g/mol. The van der Waals surface area contributed by atoms with Crippen LogP contribution >= 0.6 is 0 Å². The van der Waals surface area contributed by atoms with Crippen LogP contribution in [0.5, 0.6) is 5.75 Å². The number of carbonyl (C=O) groups excluding carboxylic acids is 1. The molecule has 1 aromatic carbocycles. The van der Waals surface area contributed by atoms with Gasteiger partial charge < -0.3 is 15.3 Å². The van der Waals surface area contributed by atoms with Crippen LogP contribution in [-0.4, -0.2) is 30.1 Å². The lowest BCUT2D eigenvalue weighted by Crippen LogP contribution is -2.35. The molecule has 4 nitrogen and oxygen atoms in total. The van der Waals surface area contributed by atoms with Crippen LogP contribution in [0.3, 0.4) is 0 Å². The molecule has 0 aliphatic carbocycles. The van der Waals surface area contributed by atoms with E-state index in [1.807, 2.05) is 12.1 Å². The zero-order valence-corrected chi connectivity index (χ0v) is 9.31. The van der Waals surface area contributed by atoms with Gasteiger partial charge in [-0.1, -0.05) is 0 Å². The number of phenols is 1. The van der Waals surface area contributed by atoms with E-state index in [4.69, 9.17) is 0 Å². The van der Waals surface area contributed by atoms with Crippen LogP contribution in [-0.2, 0) is 4.79 Å². The molecule has 2 rings (SSSR count). The number of amides is 1. The molecule has 1 atom stereocenters. The third-order valence-electron chi connectivity index (χ3n) is 2.81.